The first kappa shape index (κ1) is 23.8. The molecule has 1 unspecified atom stereocenters. The zero-order valence-electron chi connectivity index (χ0n) is 20.5. The quantitative estimate of drug-likeness (QED) is 0.496. The molecule has 7 heteroatoms. The number of aryl methyl sites for hydroxylation is 1. The molecule has 0 saturated carbocycles. The molecule has 0 spiro atoms. The van der Waals surface area contributed by atoms with Crippen LogP contribution in [0, 0.1) is 12.8 Å². The molecule has 1 atom stereocenters. The standard InChI is InChI=1S/C27H34N4O3/c1-5-34-27(33)21-12-15-30(16-13-21)25(32)17-23(20-8-10-22(11-9-20)29(3)4)24-18-28-26-19(2)7-6-14-31(24)26/h6-11,14,18,21,23H,5,12-13,15-17H2,1-4H3. The van der Waals surface area contributed by atoms with Gasteiger partial charge in [-0.1, -0.05) is 18.2 Å². The van der Waals surface area contributed by atoms with Crippen molar-refractivity contribution in [3.8, 4) is 0 Å². The van der Waals surface area contributed by atoms with Crippen molar-refractivity contribution in [2.45, 2.75) is 39.0 Å². The van der Waals surface area contributed by atoms with E-state index in [1.807, 2.05) is 57.4 Å². The van der Waals surface area contributed by atoms with Gasteiger partial charge in [-0.3, -0.25) is 9.59 Å². The van der Waals surface area contributed by atoms with Crippen molar-refractivity contribution >= 4 is 23.2 Å². The molecule has 3 aromatic rings. The van der Waals surface area contributed by atoms with Crippen molar-refractivity contribution in [1.29, 1.82) is 0 Å². The summed E-state index contributed by atoms with van der Waals surface area (Å²) in [5, 5.41) is 0. The maximum absolute atomic E-state index is 13.4. The van der Waals surface area contributed by atoms with Gasteiger partial charge >= 0.3 is 5.97 Å². The molecule has 1 aromatic carbocycles. The van der Waals surface area contributed by atoms with Crippen LogP contribution in [0.2, 0.25) is 0 Å². The van der Waals surface area contributed by atoms with Crippen LogP contribution in [0.1, 0.15) is 48.9 Å². The summed E-state index contributed by atoms with van der Waals surface area (Å²) in [5.74, 6) is -0.274. The topological polar surface area (TPSA) is 67.2 Å². The SMILES string of the molecule is CCOC(=O)C1CCN(C(=O)CC(c2ccc(N(C)C)cc2)c2cnc3c(C)cccn23)CC1. The second kappa shape index (κ2) is 10.3. The average Bonchev–Trinajstić information content (AvgIpc) is 3.28. The number of fused-ring (bicyclic) bond motifs is 1. The van der Waals surface area contributed by atoms with Gasteiger partial charge in [-0.2, -0.15) is 0 Å². The highest BCUT2D eigenvalue weighted by atomic mass is 16.5. The number of hydrogen-bond acceptors (Lipinski definition) is 5. The molecule has 0 radical (unpaired) electrons. The highest BCUT2D eigenvalue weighted by Gasteiger charge is 2.30. The van der Waals surface area contributed by atoms with Crippen molar-refractivity contribution in [3.05, 3.63) is 65.6 Å². The molecule has 180 valence electrons. The number of benzene rings is 1. The van der Waals surface area contributed by atoms with Gasteiger partial charge in [0.1, 0.15) is 5.65 Å². The van der Waals surface area contributed by atoms with Crippen LogP contribution in [-0.4, -0.2) is 60.0 Å². The summed E-state index contributed by atoms with van der Waals surface area (Å²) in [4.78, 5) is 34.1. The van der Waals surface area contributed by atoms with E-state index in [0.717, 1.165) is 28.2 Å². The third-order valence-electron chi connectivity index (χ3n) is 6.77. The molecule has 1 saturated heterocycles. The number of rotatable bonds is 7. The summed E-state index contributed by atoms with van der Waals surface area (Å²) in [5.41, 5.74) is 5.22. The maximum Gasteiger partial charge on any atom is 0.309 e. The second-order valence-corrected chi connectivity index (χ2v) is 9.22. The molecule has 4 rings (SSSR count). The number of piperidine rings is 1. The third-order valence-corrected chi connectivity index (χ3v) is 6.77. The van der Waals surface area contributed by atoms with Gasteiger partial charge in [-0.15, -0.1) is 0 Å². The Kier molecular flexibility index (Phi) is 7.20. The Bertz CT molecular complexity index is 1140. The maximum atomic E-state index is 13.4. The molecule has 0 N–H and O–H groups in total. The Balaban J connectivity index is 1.58. The Morgan fingerprint density at radius 1 is 1.15 bits per heavy atom. The van der Waals surface area contributed by atoms with Crippen molar-refractivity contribution in [2.75, 3.05) is 38.7 Å². The minimum Gasteiger partial charge on any atom is -0.466 e. The smallest absolute Gasteiger partial charge is 0.309 e. The van der Waals surface area contributed by atoms with Crippen LogP contribution in [0.3, 0.4) is 0 Å². The van der Waals surface area contributed by atoms with Crippen molar-refractivity contribution < 1.29 is 14.3 Å². The average molecular weight is 463 g/mol. The lowest BCUT2D eigenvalue weighted by atomic mass is 9.90. The first-order valence-electron chi connectivity index (χ1n) is 12.0. The van der Waals surface area contributed by atoms with Crippen LogP contribution in [0.5, 0.6) is 0 Å². The van der Waals surface area contributed by atoms with Crippen molar-refractivity contribution in [1.82, 2.24) is 14.3 Å². The molecule has 1 aliphatic heterocycles. The minimum atomic E-state index is -0.144. The molecule has 1 fully saturated rings. The van der Waals surface area contributed by atoms with Crippen LogP contribution in [0.25, 0.3) is 5.65 Å². The molecule has 34 heavy (non-hydrogen) atoms. The van der Waals surface area contributed by atoms with Crippen molar-refractivity contribution in [3.63, 3.8) is 0 Å². The molecule has 1 amide bonds. The number of imidazole rings is 1. The fourth-order valence-electron chi connectivity index (χ4n) is 4.75. The number of carbonyl (C=O) groups excluding carboxylic acids is 2. The molecular formula is C27H34N4O3. The fourth-order valence-corrected chi connectivity index (χ4v) is 4.75. The lowest BCUT2D eigenvalue weighted by Crippen LogP contribution is -2.41. The number of aromatic nitrogens is 2. The monoisotopic (exact) mass is 462 g/mol. The number of nitrogens with zero attached hydrogens (tertiary/aromatic N) is 4. The van der Waals surface area contributed by atoms with E-state index in [9.17, 15) is 9.59 Å². The molecule has 2 aromatic heterocycles. The number of ether oxygens (including phenoxy) is 1. The third kappa shape index (κ3) is 4.93. The summed E-state index contributed by atoms with van der Waals surface area (Å²) < 4.78 is 7.27. The number of hydrogen-bond donors (Lipinski definition) is 0. The molecule has 3 heterocycles. The van der Waals surface area contributed by atoms with E-state index in [2.05, 4.69) is 38.6 Å². The van der Waals surface area contributed by atoms with E-state index < -0.39 is 0 Å². The Morgan fingerprint density at radius 2 is 1.85 bits per heavy atom. The first-order valence-corrected chi connectivity index (χ1v) is 12.0. The highest BCUT2D eigenvalue weighted by molar-refractivity contribution is 5.79. The van der Waals surface area contributed by atoms with E-state index in [0.29, 0.717) is 39.0 Å². The van der Waals surface area contributed by atoms with E-state index in [4.69, 9.17) is 4.74 Å². The Morgan fingerprint density at radius 3 is 2.50 bits per heavy atom. The Hall–Kier alpha value is -3.35. The second-order valence-electron chi connectivity index (χ2n) is 9.22. The van der Waals surface area contributed by atoms with Gasteiger partial charge in [0.15, 0.2) is 0 Å². The lowest BCUT2D eigenvalue weighted by Gasteiger charge is -2.32. The van der Waals surface area contributed by atoms with Gasteiger partial charge < -0.3 is 18.9 Å². The van der Waals surface area contributed by atoms with Crippen molar-refractivity contribution in [2.24, 2.45) is 5.92 Å². The minimum absolute atomic E-state index is 0.103. The molecule has 7 nitrogen and oxygen atoms in total. The summed E-state index contributed by atoms with van der Waals surface area (Å²) in [6, 6.07) is 12.5. The van der Waals surface area contributed by atoms with Crippen LogP contribution in [0.15, 0.2) is 48.8 Å². The number of anilines is 1. The first-order chi connectivity index (χ1) is 16.4. The fraction of sp³-hybridized carbons (Fsp3) is 0.444. The van der Waals surface area contributed by atoms with Gasteiger partial charge in [-0.25, -0.2) is 4.98 Å². The van der Waals surface area contributed by atoms with E-state index in [1.165, 1.54) is 0 Å². The summed E-state index contributed by atoms with van der Waals surface area (Å²) in [6.45, 7) is 5.43. The summed E-state index contributed by atoms with van der Waals surface area (Å²) >= 11 is 0. The molecule has 1 aliphatic rings. The number of carbonyl (C=O) groups is 2. The van der Waals surface area contributed by atoms with E-state index in [1.54, 1.807) is 0 Å². The largest absolute Gasteiger partial charge is 0.466 e. The van der Waals surface area contributed by atoms with E-state index >= 15 is 0 Å². The summed E-state index contributed by atoms with van der Waals surface area (Å²) in [6.07, 6.45) is 5.57. The van der Waals surface area contributed by atoms with Gasteiger partial charge in [0.05, 0.1) is 18.2 Å². The van der Waals surface area contributed by atoms with Crippen LogP contribution < -0.4 is 4.90 Å². The zero-order valence-corrected chi connectivity index (χ0v) is 20.5. The van der Waals surface area contributed by atoms with Crippen LogP contribution >= 0.6 is 0 Å². The molecule has 0 bridgehead atoms. The van der Waals surface area contributed by atoms with Gasteiger partial charge in [-0.05, 0) is 56.0 Å². The number of pyridine rings is 1. The predicted molar refractivity (Wildman–Crippen MR) is 133 cm³/mol. The lowest BCUT2D eigenvalue weighted by molar-refractivity contribution is -0.151. The molecule has 0 aliphatic carbocycles. The number of likely N-dealkylation sites (tertiary alicyclic amines) is 1. The van der Waals surface area contributed by atoms with Crippen LogP contribution in [-0.2, 0) is 14.3 Å². The number of esters is 1. The van der Waals surface area contributed by atoms with Crippen LogP contribution in [0.4, 0.5) is 5.69 Å². The highest BCUT2D eigenvalue weighted by Crippen LogP contribution is 2.32. The van der Waals surface area contributed by atoms with Gasteiger partial charge in [0.25, 0.3) is 0 Å². The normalized spacial score (nSPS) is 15.4. The number of amides is 1. The summed E-state index contributed by atoms with van der Waals surface area (Å²) in [7, 11) is 4.03. The van der Waals surface area contributed by atoms with Gasteiger partial charge in [0, 0.05) is 57.6 Å². The zero-order chi connectivity index (χ0) is 24.2. The molecular weight excluding hydrogens is 428 g/mol. The predicted octanol–water partition coefficient (Wildman–Crippen LogP) is 4.03. The van der Waals surface area contributed by atoms with E-state index in [-0.39, 0.29) is 23.7 Å². The Labute approximate surface area is 201 Å². The van der Waals surface area contributed by atoms with Gasteiger partial charge in [0.2, 0.25) is 5.91 Å².